The van der Waals surface area contributed by atoms with Crippen molar-refractivity contribution in [2.75, 3.05) is 0 Å². The molecule has 2 aliphatic heterocycles. The van der Waals surface area contributed by atoms with Crippen LogP contribution in [0, 0.1) is 17.2 Å². The predicted octanol–water partition coefficient (Wildman–Crippen LogP) is 3.23. The van der Waals surface area contributed by atoms with E-state index in [1.165, 1.54) is 4.90 Å². The molecule has 3 atom stereocenters. The predicted molar refractivity (Wildman–Crippen MR) is 108 cm³/mol. The van der Waals surface area contributed by atoms with Gasteiger partial charge in [0.15, 0.2) is 10.8 Å². The molecule has 3 rings (SSSR count). The standard InChI is InChI=1S/C21H22N2O6S/c1-3-4-5-6-15(24)28-12(2)16-18(25)23-17(20(26)27)21(30-19(16)23)29-14-9-7-13(11-22)8-10-14/h7-10,12,16,19H,3-6H2,1-2H3,(H,26,27)/t12-,16+,19?/m1/s1. The number of carbonyl (C=O) groups excluding carboxylic acids is 2. The highest BCUT2D eigenvalue weighted by Crippen LogP contribution is 2.51. The first-order chi connectivity index (χ1) is 14.4. The third-order valence-corrected chi connectivity index (χ3v) is 6.19. The van der Waals surface area contributed by atoms with Gasteiger partial charge in [-0.05, 0) is 37.6 Å². The topological polar surface area (TPSA) is 117 Å². The number of aliphatic carboxylic acids is 1. The number of unbranched alkanes of at least 4 members (excludes halogenated alkanes) is 2. The first-order valence-electron chi connectivity index (χ1n) is 9.72. The minimum Gasteiger partial charge on any atom is -0.476 e. The third-order valence-electron chi connectivity index (χ3n) is 4.95. The number of β-lactam (4-membered cyclic amide) rings is 1. The van der Waals surface area contributed by atoms with Crippen molar-refractivity contribution in [2.45, 2.75) is 51.0 Å². The zero-order chi connectivity index (χ0) is 21.8. The minimum atomic E-state index is -1.27. The second kappa shape index (κ2) is 9.22. The summed E-state index contributed by atoms with van der Waals surface area (Å²) in [4.78, 5) is 37.6. The van der Waals surface area contributed by atoms with E-state index in [9.17, 15) is 19.5 Å². The number of hydrogen-bond acceptors (Lipinski definition) is 7. The molecule has 158 valence electrons. The lowest BCUT2D eigenvalue weighted by atomic mass is 9.92. The molecule has 1 unspecified atom stereocenters. The second-order valence-corrected chi connectivity index (χ2v) is 8.16. The molecular weight excluding hydrogens is 408 g/mol. The summed E-state index contributed by atoms with van der Waals surface area (Å²) in [5.41, 5.74) is 0.222. The van der Waals surface area contributed by atoms with E-state index in [1.807, 2.05) is 13.0 Å². The Morgan fingerprint density at radius 2 is 2.00 bits per heavy atom. The van der Waals surface area contributed by atoms with Crippen molar-refractivity contribution >= 4 is 29.6 Å². The largest absolute Gasteiger partial charge is 0.476 e. The van der Waals surface area contributed by atoms with Crippen molar-refractivity contribution in [3.63, 3.8) is 0 Å². The van der Waals surface area contributed by atoms with Gasteiger partial charge in [-0.25, -0.2) is 4.79 Å². The number of thioether (sulfide) groups is 1. The monoisotopic (exact) mass is 430 g/mol. The SMILES string of the molecule is CCCCCC(=O)O[C@H](C)[C@H]1C(=O)N2C(C(=O)O)=C(Oc3ccc(C#N)cc3)SC12. The number of nitrogens with zero attached hydrogens (tertiary/aromatic N) is 2. The van der Waals surface area contributed by atoms with Crippen LogP contribution in [0.2, 0.25) is 0 Å². The average molecular weight is 430 g/mol. The molecule has 1 fully saturated rings. The fourth-order valence-electron chi connectivity index (χ4n) is 3.37. The first-order valence-corrected chi connectivity index (χ1v) is 10.6. The summed E-state index contributed by atoms with van der Waals surface area (Å²) in [6, 6.07) is 8.22. The highest BCUT2D eigenvalue weighted by molar-refractivity contribution is 8.03. The van der Waals surface area contributed by atoms with Crippen molar-refractivity contribution in [1.29, 1.82) is 5.26 Å². The molecule has 0 aromatic heterocycles. The molecule has 0 bridgehead atoms. The van der Waals surface area contributed by atoms with Crippen LogP contribution in [-0.2, 0) is 19.1 Å². The number of esters is 1. The van der Waals surface area contributed by atoms with Gasteiger partial charge in [0.1, 0.15) is 23.1 Å². The molecule has 0 aliphatic carbocycles. The van der Waals surface area contributed by atoms with Gasteiger partial charge in [-0.3, -0.25) is 14.5 Å². The molecule has 30 heavy (non-hydrogen) atoms. The van der Waals surface area contributed by atoms with Crippen molar-refractivity contribution in [3.05, 3.63) is 40.6 Å². The maximum atomic E-state index is 12.7. The number of carboxylic acid groups (broad SMARTS) is 1. The fraction of sp³-hybridized carbons (Fsp3) is 0.429. The summed E-state index contributed by atoms with van der Waals surface area (Å²) < 4.78 is 11.1. The van der Waals surface area contributed by atoms with E-state index < -0.39 is 29.3 Å². The number of hydrogen-bond donors (Lipinski definition) is 1. The molecule has 0 saturated carbocycles. The van der Waals surface area contributed by atoms with E-state index in [1.54, 1.807) is 31.2 Å². The van der Waals surface area contributed by atoms with Crippen LogP contribution in [0.4, 0.5) is 0 Å². The maximum Gasteiger partial charge on any atom is 0.357 e. The Kier molecular flexibility index (Phi) is 6.67. The summed E-state index contributed by atoms with van der Waals surface area (Å²) in [5.74, 6) is -2.31. The second-order valence-electron chi connectivity index (χ2n) is 7.07. The normalized spacial score (nSPS) is 20.8. The lowest BCUT2D eigenvalue weighted by Crippen LogP contribution is -2.61. The Labute approximate surface area is 178 Å². The zero-order valence-corrected chi connectivity index (χ0v) is 17.5. The number of amides is 1. The van der Waals surface area contributed by atoms with Crippen molar-refractivity contribution < 1.29 is 29.0 Å². The Morgan fingerprint density at radius 1 is 1.30 bits per heavy atom. The van der Waals surface area contributed by atoms with Crippen molar-refractivity contribution in [3.8, 4) is 11.8 Å². The van der Waals surface area contributed by atoms with Crippen LogP contribution < -0.4 is 4.74 Å². The van der Waals surface area contributed by atoms with Crippen LogP contribution in [0.25, 0.3) is 0 Å². The summed E-state index contributed by atoms with van der Waals surface area (Å²) in [6.45, 7) is 3.69. The van der Waals surface area contributed by atoms with Crippen LogP contribution in [0.5, 0.6) is 5.75 Å². The van der Waals surface area contributed by atoms with Crippen molar-refractivity contribution in [2.24, 2.45) is 5.92 Å². The molecule has 1 saturated heterocycles. The van der Waals surface area contributed by atoms with Gasteiger partial charge in [0.25, 0.3) is 0 Å². The van der Waals surface area contributed by atoms with Gasteiger partial charge in [0.05, 0.1) is 11.6 Å². The van der Waals surface area contributed by atoms with Crippen LogP contribution in [-0.4, -0.2) is 39.3 Å². The van der Waals surface area contributed by atoms with Gasteiger partial charge in [0, 0.05) is 6.42 Å². The maximum absolute atomic E-state index is 12.7. The van der Waals surface area contributed by atoms with Crippen LogP contribution in [0.15, 0.2) is 35.1 Å². The van der Waals surface area contributed by atoms with E-state index in [0.29, 0.717) is 17.7 Å². The van der Waals surface area contributed by atoms with Crippen LogP contribution in [0.1, 0.15) is 45.1 Å². The highest BCUT2D eigenvalue weighted by atomic mass is 32.2. The van der Waals surface area contributed by atoms with E-state index in [4.69, 9.17) is 14.7 Å². The summed E-state index contributed by atoms with van der Waals surface area (Å²) in [5, 5.41) is 18.1. The molecule has 2 aliphatic rings. The molecule has 0 spiro atoms. The smallest absolute Gasteiger partial charge is 0.357 e. The van der Waals surface area contributed by atoms with Gasteiger partial charge >= 0.3 is 11.9 Å². The lowest BCUT2D eigenvalue weighted by molar-refractivity contribution is -0.166. The molecule has 1 aromatic carbocycles. The number of carboxylic acids is 1. The number of rotatable bonds is 9. The highest BCUT2D eigenvalue weighted by Gasteiger charge is 2.59. The van der Waals surface area contributed by atoms with Gasteiger partial charge < -0.3 is 14.6 Å². The Balaban J connectivity index is 1.69. The number of carbonyl (C=O) groups is 3. The van der Waals surface area contributed by atoms with Crippen LogP contribution >= 0.6 is 11.8 Å². The molecule has 2 heterocycles. The van der Waals surface area contributed by atoms with E-state index >= 15 is 0 Å². The van der Waals surface area contributed by atoms with E-state index in [-0.39, 0.29) is 16.8 Å². The summed E-state index contributed by atoms with van der Waals surface area (Å²) in [6.07, 6.45) is 2.29. The lowest BCUT2D eigenvalue weighted by Gasteiger charge is -2.43. The summed E-state index contributed by atoms with van der Waals surface area (Å²) >= 11 is 1.12. The summed E-state index contributed by atoms with van der Waals surface area (Å²) in [7, 11) is 0. The molecule has 0 radical (unpaired) electrons. The van der Waals surface area contributed by atoms with Gasteiger partial charge in [-0.2, -0.15) is 5.26 Å². The van der Waals surface area contributed by atoms with Gasteiger partial charge in [0.2, 0.25) is 5.91 Å². The molecular formula is C21H22N2O6S. The van der Waals surface area contributed by atoms with E-state index in [0.717, 1.165) is 31.0 Å². The fourth-order valence-corrected chi connectivity index (χ4v) is 4.83. The van der Waals surface area contributed by atoms with Gasteiger partial charge in [-0.1, -0.05) is 31.5 Å². The number of benzene rings is 1. The molecule has 9 heteroatoms. The third kappa shape index (κ3) is 4.28. The van der Waals surface area contributed by atoms with Crippen LogP contribution in [0.3, 0.4) is 0 Å². The minimum absolute atomic E-state index is 0.0922. The molecule has 8 nitrogen and oxygen atoms in total. The molecule has 1 N–H and O–H groups in total. The van der Waals surface area contributed by atoms with Gasteiger partial charge in [-0.15, -0.1) is 0 Å². The average Bonchev–Trinajstić information content (AvgIpc) is 3.03. The quantitative estimate of drug-likeness (QED) is 0.360. The Hall–Kier alpha value is -2.99. The number of nitriles is 1. The van der Waals surface area contributed by atoms with Crippen molar-refractivity contribution in [1.82, 2.24) is 4.90 Å². The zero-order valence-electron chi connectivity index (χ0n) is 16.7. The first kappa shape index (κ1) is 21.7. The molecule has 1 aromatic rings. The Bertz CT molecular complexity index is 920. The number of ether oxygens (including phenoxy) is 2. The number of fused-ring (bicyclic) bond motifs is 1. The Morgan fingerprint density at radius 3 is 2.60 bits per heavy atom. The molecule has 1 amide bonds. The van der Waals surface area contributed by atoms with E-state index in [2.05, 4.69) is 0 Å².